The summed E-state index contributed by atoms with van der Waals surface area (Å²) in [7, 11) is 0. The van der Waals surface area contributed by atoms with E-state index in [1.165, 1.54) is 0 Å². The third-order valence-electron chi connectivity index (χ3n) is 3.70. The summed E-state index contributed by atoms with van der Waals surface area (Å²) >= 11 is 1.67. The Morgan fingerprint density at radius 2 is 2.14 bits per heavy atom. The summed E-state index contributed by atoms with van der Waals surface area (Å²) in [6, 6.07) is 7.73. The van der Waals surface area contributed by atoms with E-state index in [9.17, 15) is 4.79 Å². The van der Waals surface area contributed by atoms with E-state index < -0.39 is 0 Å². The molecule has 0 unspecified atom stereocenters. The van der Waals surface area contributed by atoms with Crippen LogP contribution in [0, 0.1) is 6.92 Å². The maximum Gasteiger partial charge on any atom is 0.253 e. The van der Waals surface area contributed by atoms with Crippen LogP contribution >= 0.6 is 11.8 Å². The summed E-state index contributed by atoms with van der Waals surface area (Å²) in [5, 5.41) is 3.82. The summed E-state index contributed by atoms with van der Waals surface area (Å²) < 4.78 is 5.21. The maximum absolute atomic E-state index is 12.5. The van der Waals surface area contributed by atoms with Crippen LogP contribution in [-0.2, 0) is 0 Å². The van der Waals surface area contributed by atoms with Gasteiger partial charge in [0.15, 0.2) is 5.82 Å². The molecule has 6 heteroatoms. The van der Waals surface area contributed by atoms with Crippen LogP contribution in [0.25, 0.3) is 0 Å². The number of amides is 1. The summed E-state index contributed by atoms with van der Waals surface area (Å²) in [5.41, 5.74) is 0.732. The van der Waals surface area contributed by atoms with Crippen LogP contribution in [0.1, 0.15) is 34.4 Å². The Morgan fingerprint density at radius 3 is 2.76 bits per heavy atom. The Labute approximate surface area is 127 Å². The fraction of sp³-hybridized carbons (Fsp3) is 0.400. The average Bonchev–Trinajstić information content (AvgIpc) is 3.15. The van der Waals surface area contributed by atoms with E-state index >= 15 is 0 Å². The van der Waals surface area contributed by atoms with Crippen molar-refractivity contribution >= 4 is 17.7 Å². The minimum absolute atomic E-state index is 0.0707. The van der Waals surface area contributed by atoms with Gasteiger partial charge in [0.1, 0.15) is 0 Å². The molecular weight excluding hydrogens is 286 g/mol. The summed E-state index contributed by atoms with van der Waals surface area (Å²) in [4.78, 5) is 19.8. The van der Waals surface area contributed by atoms with Crippen LogP contribution in [0.2, 0.25) is 0 Å². The van der Waals surface area contributed by atoms with Gasteiger partial charge in [-0.3, -0.25) is 4.79 Å². The molecule has 110 valence electrons. The Kier molecular flexibility index (Phi) is 3.96. The minimum atomic E-state index is 0.0707. The van der Waals surface area contributed by atoms with Gasteiger partial charge in [-0.15, -0.1) is 11.8 Å². The fourth-order valence-electron chi connectivity index (χ4n) is 2.54. The van der Waals surface area contributed by atoms with Gasteiger partial charge >= 0.3 is 0 Å². The SMILES string of the molecule is CSc1ccc(C(=O)N2CC[C@@H](c3nc(C)no3)C2)cc1. The topological polar surface area (TPSA) is 59.2 Å². The number of aryl methyl sites for hydroxylation is 1. The lowest BCUT2D eigenvalue weighted by atomic mass is 10.1. The molecule has 3 rings (SSSR count). The quantitative estimate of drug-likeness (QED) is 0.816. The Balaban J connectivity index is 1.68. The van der Waals surface area contributed by atoms with E-state index in [1.807, 2.05) is 35.4 Å². The van der Waals surface area contributed by atoms with Gasteiger partial charge in [-0.05, 0) is 43.9 Å². The van der Waals surface area contributed by atoms with Crippen molar-refractivity contribution in [3.05, 3.63) is 41.5 Å². The highest BCUT2D eigenvalue weighted by molar-refractivity contribution is 7.98. The molecule has 0 aliphatic carbocycles. The maximum atomic E-state index is 12.5. The first kappa shape index (κ1) is 14.1. The molecule has 2 aromatic rings. The normalized spacial score (nSPS) is 18.2. The van der Waals surface area contributed by atoms with Crippen LogP contribution in [-0.4, -0.2) is 40.3 Å². The molecule has 1 aliphatic rings. The molecule has 1 aromatic heterocycles. The molecular formula is C15H17N3O2S. The van der Waals surface area contributed by atoms with Gasteiger partial charge in [-0.2, -0.15) is 4.98 Å². The molecule has 0 spiro atoms. The van der Waals surface area contributed by atoms with E-state index in [4.69, 9.17) is 4.52 Å². The number of hydrogen-bond acceptors (Lipinski definition) is 5. The molecule has 1 atom stereocenters. The van der Waals surface area contributed by atoms with Gasteiger partial charge in [-0.1, -0.05) is 5.16 Å². The van der Waals surface area contributed by atoms with Crippen molar-refractivity contribution in [2.75, 3.05) is 19.3 Å². The number of carbonyl (C=O) groups is 1. The molecule has 1 amide bonds. The molecule has 0 saturated carbocycles. The molecule has 0 bridgehead atoms. The van der Waals surface area contributed by atoms with Crippen molar-refractivity contribution in [2.24, 2.45) is 0 Å². The van der Waals surface area contributed by atoms with Crippen LogP contribution in [0.4, 0.5) is 0 Å². The second-order valence-corrected chi connectivity index (χ2v) is 6.02. The first-order valence-electron chi connectivity index (χ1n) is 6.91. The van der Waals surface area contributed by atoms with Gasteiger partial charge in [0.05, 0.1) is 5.92 Å². The average molecular weight is 303 g/mol. The van der Waals surface area contributed by atoms with E-state index in [0.29, 0.717) is 18.3 Å². The van der Waals surface area contributed by atoms with Crippen LogP contribution in [0.5, 0.6) is 0 Å². The number of aromatic nitrogens is 2. The first-order chi connectivity index (χ1) is 10.2. The highest BCUT2D eigenvalue weighted by atomic mass is 32.2. The summed E-state index contributed by atoms with van der Waals surface area (Å²) in [6.45, 7) is 3.18. The first-order valence-corrected chi connectivity index (χ1v) is 8.13. The zero-order valence-electron chi connectivity index (χ0n) is 12.1. The predicted octanol–water partition coefficient (Wildman–Crippen LogP) is 2.73. The number of hydrogen-bond donors (Lipinski definition) is 0. The van der Waals surface area contributed by atoms with Crippen molar-refractivity contribution in [2.45, 2.75) is 24.2 Å². The van der Waals surface area contributed by atoms with Crippen molar-refractivity contribution < 1.29 is 9.32 Å². The molecule has 21 heavy (non-hydrogen) atoms. The predicted molar refractivity (Wildman–Crippen MR) is 80.5 cm³/mol. The molecule has 0 N–H and O–H groups in total. The monoisotopic (exact) mass is 303 g/mol. The number of rotatable bonds is 3. The number of carbonyl (C=O) groups excluding carboxylic acids is 1. The number of likely N-dealkylation sites (tertiary alicyclic amines) is 1. The molecule has 0 radical (unpaired) electrons. The molecule has 1 fully saturated rings. The smallest absolute Gasteiger partial charge is 0.253 e. The number of nitrogens with zero attached hydrogens (tertiary/aromatic N) is 3. The van der Waals surface area contributed by atoms with Gasteiger partial charge in [-0.25, -0.2) is 0 Å². The summed E-state index contributed by atoms with van der Waals surface area (Å²) in [6.07, 6.45) is 2.89. The number of benzene rings is 1. The van der Waals surface area contributed by atoms with Crippen molar-refractivity contribution in [3.8, 4) is 0 Å². The fourth-order valence-corrected chi connectivity index (χ4v) is 2.95. The molecule has 1 saturated heterocycles. The van der Waals surface area contributed by atoms with Crippen molar-refractivity contribution in [1.29, 1.82) is 0 Å². The van der Waals surface area contributed by atoms with E-state index in [-0.39, 0.29) is 11.8 Å². The molecule has 1 aliphatic heterocycles. The molecule has 1 aromatic carbocycles. The molecule has 5 nitrogen and oxygen atoms in total. The second-order valence-electron chi connectivity index (χ2n) is 5.15. The van der Waals surface area contributed by atoms with E-state index in [0.717, 1.165) is 23.4 Å². The van der Waals surface area contributed by atoms with Gasteiger partial charge in [0.2, 0.25) is 5.89 Å². The van der Waals surface area contributed by atoms with Crippen LogP contribution in [0.3, 0.4) is 0 Å². The Morgan fingerprint density at radius 1 is 1.38 bits per heavy atom. The zero-order chi connectivity index (χ0) is 14.8. The highest BCUT2D eigenvalue weighted by Crippen LogP contribution is 2.27. The van der Waals surface area contributed by atoms with E-state index in [2.05, 4.69) is 10.1 Å². The van der Waals surface area contributed by atoms with E-state index in [1.54, 1.807) is 18.7 Å². The zero-order valence-corrected chi connectivity index (χ0v) is 12.9. The lowest BCUT2D eigenvalue weighted by Gasteiger charge is -2.16. The lowest BCUT2D eigenvalue weighted by molar-refractivity contribution is 0.0789. The molecule has 2 heterocycles. The van der Waals surface area contributed by atoms with Gasteiger partial charge in [0, 0.05) is 23.5 Å². The highest BCUT2D eigenvalue weighted by Gasteiger charge is 2.31. The summed E-state index contributed by atoms with van der Waals surface area (Å²) in [5.74, 6) is 1.50. The number of thioether (sulfide) groups is 1. The minimum Gasteiger partial charge on any atom is -0.339 e. The van der Waals surface area contributed by atoms with Gasteiger partial charge in [0.25, 0.3) is 5.91 Å². The van der Waals surface area contributed by atoms with Crippen LogP contribution < -0.4 is 0 Å². The Bertz CT molecular complexity index is 639. The largest absolute Gasteiger partial charge is 0.339 e. The van der Waals surface area contributed by atoms with Gasteiger partial charge < -0.3 is 9.42 Å². The second kappa shape index (κ2) is 5.89. The van der Waals surface area contributed by atoms with Crippen LogP contribution in [0.15, 0.2) is 33.7 Å². The third-order valence-corrected chi connectivity index (χ3v) is 4.45. The third kappa shape index (κ3) is 2.95. The standard InChI is InChI=1S/C15H17N3O2S/c1-10-16-14(20-17-10)12-7-8-18(9-12)15(19)11-3-5-13(21-2)6-4-11/h3-6,12H,7-9H2,1-2H3/t12-/m1/s1. The van der Waals surface area contributed by atoms with Crippen molar-refractivity contribution in [1.82, 2.24) is 15.0 Å². The lowest BCUT2D eigenvalue weighted by Crippen LogP contribution is -2.28. The van der Waals surface area contributed by atoms with Crippen molar-refractivity contribution in [3.63, 3.8) is 0 Å². The Hall–Kier alpha value is -1.82.